The van der Waals surface area contributed by atoms with Crippen LogP contribution in [0.25, 0.3) is 0 Å². The van der Waals surface area contributed by atoms with E-state index >= 15 is 0 Å². The molecule has 1 aliphatic rings. The molecule has 0 unspecified atom stereocenters. The Kier molecular flexibility index (Phi) is 6.65. The zero-order chi connectivity index (χ0) is 20.3. The molecule has 1 aromatic carbocycles. The molecule has 152 valence electrons. The van der Waals surface area contributed by atoms with Gasteiger partial charge in [-0.25, -0.2) is 12.7 Å². The van der Waals surface area contributed by atoms with Gasteiger partial charge in [0.15, 0.2) is 0 Å². The van der Waals surface area contributed by atoms with E-state index in [1.807, 2.05) is 16.8 Å². The Bertz CT molecular complexity index is 923. The maximum absolute atomic E-state index is 12.6. The van der Waals surface area contributed by atoms with Crippen LogP contribution in [0.5, 0.6) is 5.75 Å². The molecule has 1 aromatic heterocycles. The van der Waals surface area contributed by atoms with Crippen molar-refractivity contribution in [2.24, 2.45) is 0 Å². The first kappa shape index (κ1) is 21.1. The molecule has 28 heavy (non-hydrogen) atoms. The van der Waals surface area contributed by atoms with Gasteiger partial charge in [-0.15, -0.1) is 0 Å². The van der Waals surface area contributed by atoms with E-state index in [4.69, 9.17) is 16.3 Å². The number of halogens is 1. The number of rotatable bonds is 6. The molecule has 1 fully saturated rings. The first-order valence-electron chi connectivity index (χ1n) is 8.92. The molecule has 2 heterocycles. The van der Waals surface area contributed by atoms with Crippen molar-refractivity contribution in [3.8, 4) is 5.75 Å². The summed E-state index contributed by atoms with van der Waals surface area (Å²) >= 11 is 7.94. The van der Waals surface area contributed by atoms with Gasteiger partial charge in [-0.1, -0.05) is 11.6 Å². The Morgan fingerprint density at radius 1 is 1.32 bits per heavy atom. The monoisotopic (exact) mass is 442 g/mol. The zero-order valence-corrected chi connectivity index (χ0v) is 18.2. The van der Waals surface area contributed by atoms with Gasteiger partial charge >= 0.3 is 0 Å². The lowest BCUT2D eigenvalue weighted by molar-refractivity contribution is 0.0785. The summed E-state index contributed by atoms with van der Waals surface area (Å²) < 4.78 is 30.6. The molecule has 2 aromatic rings. The van der Waals surface area contributed by atoms with E-state index in [2.05, 4.69) is 0 Å². The van der Waals surface area contributed by atoms with Gasteiger partial charge in [-0.3, -0.25) is 4.79 Å². The molecule has 0 radical (unpaired) electrons. The van der Waals surface area contributed by atoms with Gasteiger partial charge in [-0.05, 0) is 53.4 Å². The smallest absolute Gasteiger partial charge is 0.253 e. The number of thiophene rings is 1. The van der Waals surface area contributed by atoms with E-state index < -0.39 is 10.0 Å². The normalized spacial score (nSPS) is 16.1. The minimum Gasteiger partial charge on any atom is -0.489 e. The van der Waals surface area contributed by atoms with Crippen molar-refractivity contribution < 1.29 is 17.9 Å². The summed E-state index contributed by atoms with van der Waals surface area (Å²) in [7, 11) is -1.40. The van der Waals surface area contributed by atoms with E-state index in [9.17, 15) is 13.2 Å². The minimum atomic E-state index is -3.16. The Labute approximate surface area is 174 Å². The SMILES string of the molecule is CN(Cc1ccsc1)C(=O)c1ccc(OC2CCN(S(C)(=O)=O)CC2)c(Cl)c1. The summed E-state index contributed by atoms with van der Waals surface area (Å²) in [5.41, 5.74) is 1.59. The number of carbonyl (C=O) groups is 1. The molecule has 1 aliphatic heterocycles. The van der Waals surface area contributed by atoms with Crippen molar-refractivity contribution in [1.29, 1.82) is 0 Å². The maximum Gasteiger partial charge on any atom is 0.253 e. The summed E-state index contributed by atoms with van der Waals surface area (Å²) in [6, 6.07) is 7.03. The Hall–Kier alpha value is -1.61. The number of benzene rings is 1. The van der Waals surface area contributed by atoms with Crippen LogP contribution in [0.15, 0.2) is 35.0 Å². The molecular formula is C19H23ClN2O4S2. The van der Waals surface area contributed by atoms with Crippen molar-refractivity contribution >= 4 is 38.9 Å². The highest BCUT2D eigenvalue weighted by Gasteiger charge is 2.26. The van der Waals surface area contributed by atoms with Crippen LogP contribution in [-0.4, -0.2) is 56.0 Å². The quantitative estimate of drug-likeness (QED) is 0.686. The Morgan fingerprint density at radius 2 is 2.04 bits per heavy atom. The van der Waals surface area contributed by atoms with Crippen molar-refractivity contribution in [1.82, 2.24) is 9.21 Å². The topological polar surface area (TPSA) is 66.9 Å². The molecular weight excluding hydrogens is 420 g/mol. The van der Waals surface area contributed by atoms with Crippen molar-refractivity contribution in [2.75, 3.05) is 26.4 Å². The fourth-order valence-electron chi connectivity index (χ4n) is 3.14. The van der Waals surface area contributed by atoms with E-state index in [0.717, 1.165) is 5.56 Å². The molecule has 0 bridgehead atoms. The molecule has 0 N–H and O–H groups in total. The third-order valence-electron chi connectivity index (χ3n) is 4.69. The van der Waals surface area contributed by atoms with E-state index in [1.165, 1.54) is 10.6 Å². The van der Waals surface area contributed by atoms with Gasteiger partial charge in [0.2, 0.25) is 10.0 Å². The molecule has 1 saturated heterocycles. The number of carbonyl (C=O) groups excluding carboxylic acids is 1. The van der Waals surface area contributed by atoms with Gasteiger partial charge in [0.1, 0.15) is 11.9 Å². The predicted octanol–water partition coefficient (Wildman–Crippen LogP) is 3.48. The average Bonchev–Trinajstić information content (AvgIpc) is 3.15. The summed E-state index contributed by atoms with van der Waals surface area (Å²) in [5, 5.41) is 4.38. The molecule has 6 nitrogen and oxygen atoms in total. The highest BCUT2D eigenvalue weighted by molar-refractivity contribution is 7.88. The van der Waals surface area contributed by atoms with Crippen molar-refractivity contribution in [3.05, 3.63) is 51.2 Å². The fraction of sp³-hybridized carbons (Fsp3) is 0.421. The largest absolute Gasteiger partial charge is 0.489 e. The summed E-state index contributed by atoms with van der Waals surface area (Å²) in [6.07, 6.45) is 2.33. The number of nitrogens with zero attached hydrogens (tertiary/aromatic N) is 2. The minimum absolute atomic E-state index is 0.0988. The third-order valence-corrected chi connectivity index (χ3v) is 7.02. The van der Waals surface area contributed by atoms with Gasteiger partial charge in [0, 0.05) is 32.2 Å². The lowest BCUT2D eigenvalue weighted by Crippen LogP contribution is -2.41. The second-order valence-electron chi connectivity index (χ2n) is 6.92. The molecule has 1 amide bonds. The van der Waals surface area contributed by atoms with Crippen LogP contribution in [-0.2, 0) is 16.6 Å². The molecule has 0 atom stereocenters. The van der Waals surface area contributed by atoms with E-state index in [0.29, 0.717) is 48.8 Å². The van der Waals surface area contributed by atoms with Gasteiger partial charge < -0.3 is 9.64 Å². The van der Waals surface area contributed by atoms with Crippen LogP contribution in [0.1, 0.15) is 28.8 Å². The lowest BCUT2D eigenvalue weighted by Gasteiger charge is -2.30. The molecule has 0 spiro atoms. The van der Waals surface area contributed by atoms with Crippen LogP contribution in [0.4, 0.5) is 0 Å². The number of hydrogen-bond acceptors (Lipinski definition) is 5. The van der Waals surface area contributed by atoms with Gasteiger partial charge in [-0.2, -0.15) is 11.3 Å². The first-order valence-corrected chi connectivity index (χ1v) is 12.1. The summed E-state index contributed by atoms with van der Waals surface area (Å²) in [4.78, 5) is 14.3. The van der Waals surface area contributed by atoms with Crippen LogP contribution < -0.4 is 4.74 Å². The number of sulfonamides is 1. The van der Waals surface area contributed by atoms with Gasteiger partial charge in [0.05, 0.1) is 11.3 Å². The van der Waals surface area contributed by atoms with Crippen LogP contribution in [0.2, 0.25) is 5.02 Å². The molecule has 9 heteroatoms. The Morgan fingerprint density at radius 3 is 2.61 bits per heavy atom. The molecule has 3 rings (SSSR count). The summed E-state index contributed by atoms with van der Waals surface area (Å²) in [5.74, 6) is 0.401. The van der Waals surface area contributed by atoms with Gasteiger partial charge in [0.25, 0.3) is 5.91 Å². The number of hydrogen-bond donors (Lipinski definition) is 0. The van der Waals surface area contributed by atoms with E-state index in [-0.39, 0.29) is 12.0 Å². The fourth-order valence-corrected chi connectivity index (χ4v) is 4.90. The average molecular weight is 443 g/mol. The van der Waals surface area contributed by atoms with Crippen LogP contribution >= 0.6 is 22.9 Å². The van der Waals surface area contributed by atoms with Crippen LogP contribution in [0, 0.1) is 0 Å². The van der Waals surface area contributed by atoms with Crippen molar-refractivity contribution in [2.45, 2.75) is 25.5 Å². The molecule has 0 saturated carbocycles. The lowest BCUT2D eigenvalue weighted by atomic mass is 10.1. The summed E-state index contributed by atoms with van der Waals surface area (Å²) in [6.45, 7) is 1.41. The second-order valence-corrected chi connectivity index (χ2v) is 10.1. The second kappa shape index (κ2) is 8.82. The highest BCUT2D eigenvalue weighted by Crippen LogP contribution is 2.29. The maximum atomic E-state index is 12.6. The Balaban J connectivity index is 1.60. The predicted molar refractivity (Wildman–Crippen MR) is 112 cm³/mol. The van der Waals surface area contributed by atoms with Crippen molar-refractivity contribution in [3.63, 3.8) is 0 Å². The highest BCUT2D eigenvalue weighted by atomic mass is 35.5. The first-order chi connectivity index (χ1) is 13.2. The number of ether oxygens (including phenoxy) is 1. The number of amides is 1. The zero-order valence-electron chi connectivity index (χ0n) is 15.8. The standard InChI is InChI=1S/C19H23ClN2O4S2/c1-21(12-14-7-10-27-13-14)19(23)15-3-4-18(17(20)11-15)26-16-5-8-22(9-6-16)28(2,24)25/h3-4,7,10-11,13,16H,5-6,8-9,12H2,1-2H3. The molecule has 0 aliphatic carbocycles. The third kappa shape index (κ3) is 5.26. The van der Waals surface area contributed by atoms with E-state index in [1.54, 1.807) is 41.5 Å². The number of piperidine rings is 1. The van der Waals surface area contributed by atoms with Crippen LogP contribution in [0.3, 0.4) is 0 Å².